The lowest BCUT2D eigenvalue weighted by Crippen LogP contribution is -2.30. The largest absolute Gasteiger partial charge is 0.299 e. The number of carbonyl (C=O) groups is 1. The second-order valence-electron chi connectivity index (χ2n) is 5.84. The van der Waals surface area contributed by atoms with E-state index in [0.29, 0.717) is 27.8 Å². The number of anilines is 1. The van der Waals surface area contributed by atoms with Crippen LogP contribution in [0.2, 0.25) is 0 Å². The zero-order valence-electron chi connectivity index (χ0n) is 13.0. The van der Waals surface area contributed by atoms with E-state index in [2.05, 4.69) is 20.5 Å². The van der Waals surface area contributed by atoms with Gasteiger partial charge in [-0.1, -0.05) is 23.5 Å². The van der Waals surface area contributed by atoms with Gasteiger partial charge in [-0.25, -0.2) is 4.98 Å². The lowest BCUT2D eigenvalue weighted by molar-refractivity contribution is -0.116. The van der Waals surface area contributed by atoms with Gasteiger partial charge in [0.25, 0.3) is 5.56 Å². The molecule has 0 unspecified atom stereocenters. The number of aryl methyl sites for hydroxylation is 1. The van der Waals surface area contributed by atoms with Crippen LogP contribution in [0.3, 0.4) is 0 Å². The van der Waals surface area contributed by atoms with Crippen LogP contribution in [0.25, 0.3) is 10.9 Å². The molecule has 0 bridgehead atoms. The summed E-state index contributed by atoms with van der Waals surface area (Å²) in [4.78, 5) is 29.2. The molecule has 122 valence electrons. The topological polar surface area (TPSA) is 89.8 Å². The van der Waals surface area contributed by atoms with Gasteiger partial charge in [-0.05, 0) is 31.9 Å². The van der Waals surface area contributed by atoms with Crippen LogP contribution in [-0.2, 0) is 11.3 Å². The molecule has 3 aromatic rings. The molecular weight excluding hydrogens is 326 g/mol. The molecule has 1 fully saturated rings. The molecule has 0 atom stereocenters. The summed E-state index contributed by atoms with van der Waals surface area (Å²) in [5.74, 6) is 0.697. The average Bonchev–Trinajstić information content (AvgIpc) is 3.32. The van der Waals surface area contributed by atoms with E-state index < -0.39 is 0 Å². The van der Waals surface area contributed by atoms with E-state index in [1.165, 1.54) is 15.9 Å². The van der Waals surface area contributed by atoms with E-state index in [1.54, 1.807) is 25.1 Å². The van der Waals surface area contributed by atoms with Crippen LogP contribution in [0.1, 0.15) is 29.6 Å². The predicted molar refractivity (Wildman–Crippen MR) is 91.3 cm³/mol. The number of nitrogens with zero attached hydrogens (tertiary/aromatic N) is 4. The number of hydrogen-bond acceptors (Lipinski definition) is 6. The Morgan fingerprint density at radius 3 is 2.92 bits per heavy atom. The zero-order valence-corrected chi connectivity index (χ0v) is 13.8. The first-order chi connectivity index (χ1) is 11.6. The quantitative estimate of drug-likeness (QED) is 0.784. The first-order valence-corrected chi connectivity index (χ1v) is 8.53. The molecule has 8 heteroatoms. The lowest BCUT2D eigenvalue weighted by Gasteiger charge is -2.10. The minimum Gasteiger partial charge on any atom is -0.299 e. The van der Waals surface area contributed by atoms with Crippen molar-refractivity contribution in [1.29, 1.82) is 0 Å². The number of nitrogens with one attached hydrogen (secondary N) is 1. The molecule has 1 N–H and O–H groups in total. The van der Waals surface area contributed by atoms with E-state index in [4.69, 9.17) is 0 Å². The van der Waals surface area contributed by atoms with Crippen molar-refractivity contribution in [3.63, 3.8) is 0 Å². The van der Waals surface area contributed by atoms with Crippen LogP contribution < -0.4 is 10.9 Å². The van der Waals surface area contributed by atoms with Crippen molar-refractivity contribution in [3.05, 3.63) is 45.5 Å². The fraction of sp³-hybridized carbons (Fsp3) is 0.312. The molecule has 0 radical (unpaired) electrons. The van der Waals surface area contributed by atoms with Crippen LogP contribution in [0.15, 0.2) is 29.1 Å². The van der Waals surface area contributed by atoms with E-state index in [9.17, 15) is 9.59 Å². The number of amides is 1. The predicted octanol–water partition coefficient (Wildman–Crippen LogP) is 2.07. The molecule has 4 rings (SSSR count). The molecule has 1 aliphatic rings. The minimum atomic E-state index is -0.309. The smallest absolute Gasteiger partial charge is 0.261 e. The molecule has 2 aromatic heterocycles. The van der Waals surface area contributed by atoms with Crippen molar-refractivity contribution in [2.45, 2.75) is 32.2 Å². The molecule has 0 saturated heterocycles. The van der Waals surface area contributed by atoms with Crippen LogP contribution >= 0.6 is 11.3 Å². The van der Waals surface area contributed by atoms with Crippen molar-refractivity contribution in [1.82, 2.24) is 19.7 Å². The molecule has 2 heterocycles. The van der Waals surface area contributed by atoms with Crippen molar-refractivity contribution in [3.8, 4) is 0 Å². The first-order valence-electron chi connectivity index (χ1n) is 7.71. The Kier molecular flexibility index (Phi) is 3.61. The van der Waals surface area contributed by atoms with Gasteiger partial charge in [-0.3, -0.25) is 19.5 Å². The van der Waals surface area contributed by atoms with Crippen LogP contribution in [0.4, 0.5) is 5.13 Å². The summed E-state index contributed by atoms with van der Waals surface area (Å²) in [6, 6.07) is 7.12. The highest BCUT2D eigenvalue weighted by Gasteiger charge is 2.27. The van der Waals surface area contributed by atoms with Crippen molar-refractivity contribution in [2.75, 3.05) is 5.32 Å². The Hall–Kier alpha value is -2.61. The van der Waals surface area contributed by atoms with Gasteiger partial charge >= 0.3 is 0 Å². The van der Waals surface area contributed by atoms with Gasteiger partial charge in [0.05, 0.1) is 10.9 Å². The molecule has 0 spiro atoms. The third kappa shape index (κ3) is 2.80. The Bertz CT molecular complexity index is 990. The summed E-state index contributed by atoms with van der Waals surface area (Å²) >= 11 is 1.40. The van der Waals surface area contributed by atoms with Crippen molar-refractivity contribution in [2.24, 2.45) is 0 Å². The lowest BCUT2D eigenvalue weighted by atomic mass is 10.2. The van der Waals surface area contributed by atoms with E-state index in [0.717, 1.165) is 17.8 Å². The highest BCUT2D eigenvalue weighted by molar-refractivity contribution is 7.15. The van der Waals surface area contributed by atoms with Crippen LogP contribution in [0, 0.1) is 6.92 Å². The maximum atomic E-state index is 12.6. The molecule has 1 aromatic carbocycles. The van der Waals surface area contributed by atoms with Gasteiger partial charge in [0.15, 0.2) is 0 Å². The van der Waals surface area contributed by atoms with Crippen LogP contribution in [-0.4, -0.2) is 25.7 Å². The minimum absolute atomic E-state index is 0.0964. The van der Waals surface area contributed by atoms with Gasteiger partial charge in [-0.2, -0.15) is 0 Å². The number of carbonyl (C=O) groups excluding carboxylic acids is 1. The molecule has 1 aliphatic carbocycles. The van der Waals surface area contributed by atoms with Gasteiger partial charge in [0.2, 0.25) is 11.0 Å². The van der Waals surface area contributed by atoms with Crippen LogP contribution in [0.5, 0.6) is 0 Å². The second-order valence-corrected chi connectivity index (χ2v) is 6.84. The fourth-order valence-corrected chi connectivity index (χ4v) is 3.48. The summed E-state index contributed by atoms with van der Waals surface area (Å²) in [7, 11) is 0. The third-order valence-corrected chi connectivity index (χ3v) is 4.97. The van der Waals surface area contributed by atoms with E-state index in [-0.39, 0.29) is 18.0 Å². The standard InChI is InChI=1S/C16H15N5O2S/c1-9-17-12-5-3-2-4-11(12)15(23)21(9)8-13(22)18-16-20-19-14(24-16)10-6-7-10/h2-5,10H,6-8H2,1H3,(H,18,20,22). The Labute approximate surface area is 141 Å². The number of benzene rings is 1. The van der Waals surface area contributed by atoms with E-state index >= 15 is 0 Å². The summed E-state index contributed by atoms with van der Waals surface area (Å²) < 4.78 is 1.38. The normalized spacial score (nSPS) is 14.0. The maximum absolute atomic E-state index is 12.6. The number of hydrogen-bond donors (Lipinski definition) is 1. The average molecular weight is 341 g/mol. The summed E-state index contributed by atoms with van der Waals surface area (Å²) in [5, 5.41) is 12.7. The fourth-order valence-electron chi connectivity index (χ4n) is 2.55. The van der Waals surface area contributed by atoms with Gasteiger partial charge in [0.1, 0.15) is 17.4 Å². The Morgan fingerprint density at radius 1 is 1.33 bits per heavy atom. The van der Waals surface area contributed by atoms with E-state index in [1.807, 2.05) is 6.07 Å². The van der Waals surface area contributed by atoms with Crippen molar-refractivity contribution < 1.29 is 4.79 Å². The molecule has 1 amide bonds. The third-order valence-electron chi connectivity index (χ3n) is 3.97. The second kappa shape index (κ2) is 5.79. The Balaban J connectivity index is 1.56. The molecule has 0 aliphatic heterocycles. The molecular formula is C16H15N5O2S. The van der Waals surface area contributed by atoms with Gasteiger partial charge < -0.3 is 0 Å². The summed E-state index contributed by atoms with van der Waals surface area (Å²) in [6.45, 7) is 1.62. The Morgan fingerprint density at radius 2 is 2.12 bits per heavy atom. The summed E-state index contributed by atoms with van der Waals surface area (Å²) in [5.41, 5.74) is 0.416. The van der Waals surface area contributed by atoms with Gasteiger partial charge in [0, 0.05) is 5.92 Å². The monoisotopic (exact) mass is 341 g/mol. The molecule has 1 saturated carbocycles. The number of para-hydroxylation sites is 1. The maximum Gasteiger partial charge on any atom is 0.261 e. The zero-order chi connectivity index (χ0) is 16.7. The molecule has 7 nitrogen and oxygen atoms in total. The number of aromatic nitrogens is 4. The number of rotatable bonds is 4. The highest BCUT2D eigenvalue weighted by atomic mass is 32.1. The molecule has 24 heavy (non-hydrogen) atoms. The SMILES string of the molecule is Cc1nc2ccccc2c(=O)n1CC(=O)Nc1nnc(C2CC2)s1. The van der Waals surface area contributed by atoms with Gasteiger partial charge in [-0.15, -0.1) is 10.2 Å². The first kappa shape index (κ1) is 14.9. The van der Waals surface area contributed by atoms with Crippen molar-refractivity contribution >= 4 is 33.3 Å². The highest BCUT2D eigenvalue weighted by Crippen LogP contribution is 2.41. The summed E-state index contributed by atoms with van der Waals surface area (Å²) in [6.07, 6.45) is 2.28. The number of fused-ring (bicyclic) bond motifs is 1.